The van der Waals surface area contributed by atoms with Gasteiger partial charge in [0.1, 0.15) is 12.6 Å². The molecule has 0 saturated heterocycles. The summed E-state index contributed by atoms with van der Waals surface area (Å²) in [6, 6.07) is 5.25. The fourth-order valence-corrected chi connectivity index (χ4v) is 3.79. The fourth-order valence-electron chi connectivity index (χ4n) is 3.21. The van der Waals surface area contributed by atoms with Crippen molar-refractivity contribution < 1.29 is 14.3 Å². The molecule has 1 unspecified atom stereocenters. The highest BCUT2D eigenvalue weighted by atomic mass is 79.9. The van der Waals surface area contributed by atoms with Gasteiger partial charge in [0.2, 0.25) is 11.8 Å². The maximum atomic E-state index is 13.0. The van der Waals surface area contributed by atoms with Gasteiger partial charge in [-0.1, -0.05) is 15.9 Å². The Kier molecular flexibility index (Phi) is 6.31. The van der Waals surface area contributed by atoms with E-state index in [4.69, 9.17) is 9.47 Å². The minimum atomic E-state index is -0.408. The van der Waals surface area contributed by atoms with Crippen LogP contribution in [0, 0.1) is 6.92 Å². The van der Waals surface area contributed by atoms with E-state index < -0.39 is 5.91 Å². The largest absolute Gasteiger partial charge is 0.473 e. The van der Waals surface area contributed by atoms with E-state index in [1.54, 1.807) is 37.7 Å². The summed E-state index contributed by atoms with van der Waals surface area (Å²) in [5, 5.41) is 5.38. The topological polar surface area (TPSA) is 99.4 Å². The molecule has 1 saturated carbocycles. The van der Waals surface area contributed by atoms with Gasteiger partial charge in [-0.3, -0.25) is 14.3 Å². The lowest BCUT2D eigenvalue weighted by Gasteiger charge is -2.34. The van der Waals surface area contributed by atoms with Crippen molar-refractivity contribution in [2.24, 2.45) is 0 Å². The van der Waals surface area contributed by atoms with Crippen molar-refractivity contribution in [2.45, 2.75) is 38.5 Å². The molecule has 2 heterocycles. The number of halogens is 1. The third-order valence-electron chi connectivity index (χ3n) is 5.09. The minimum Gasteiger partial charge on any atom is -0.473 e. The number of amides is 1. The van der Waals surface area contributed by atoms with Gasteiger partial charge < -0.3 is 9.47 Å². The quantitative estimate of drug-likeness (QED) is 0.474. The smallest absolute Gasteiger partial charge is 0.275 e. The average Bonchev–Trinajstić information content (AvgIpc) is 2.73. The van der Waals surface area contributed by atoms with Crippen molar-refractivity contribution in [2.75, 3.05) is 11.8 Å². The highest BCUT2D eigenvalue weighted by molar-refractivity contribution is 9.10. The van der Waals surface area contributed by atoms with E-state index in [0.29, 0.717) is 16.7 Å². The Balaban J connectivity index is 1.64. The molecule has 1 atom stereocenters. The van der Waals surface area contributed by atoms with E-state index in [1.807, 2.05) is 6.92 Å². The summed E-state index contributed by atoms with van der Waals surface area (Å²) in [6.45, 7) is 1.57. The number of carbonyl (C=O) groups is 1. The lowest BCUT2D eigenvalue weighted by atomic mass is 9.92. The average molecular weight is 506 g/mol. The number of hydrogen-bond donors (Lipinski definition) is 0. The molecule has 1 amide bonds. The molecule has 2 aromatic heterocycles. The second kappa shape index (κ2) is 8.98. The second-order valence-electron chi connectivity index (χ2n) is 7.35. The first-order valence-corrected chi connectivity index (χ1v) is 10.9. The van der Waals surface area contributed by atoms with Crippen molar-refractivity contribution in [1.82, 2.24) is 19.7 Å². The summed E-state index contributed by atoms with van der Waals surface area (Å²) in [7, 11) is 3.95. The molecule has 1 fully saturated rings. The van der Waals surface area contributed by atoms with Crippen LogP contribution in [-0.2, 0) is 16.1 Å². The summed E-state index contributed by atoms with van der Waals surface area (Å²) in [6.07, 6.45) is 4.83. The second-order valence-corrected chi connectivity index (χ2v) is 8.78. The number of carbonyl (C=O) groups excluding carboxylic acids is 1. The summed E-state index contributed by atoms with van der Waals surface area (Å²) < 4.78 is 14.5. The Hall–Kier alpha value is -2.42. The molecule has 4 rings (SSSR count). The van der Waals surface area contributed by atoms with Crippen LogP contribution in [0.15, 0.2) is 39.9 Å². The number of benzene rings is 1. The van der Waals surface area contributed by atoms with Gasteiger partial charge in [0.05, 0.1) is 16.9 Å². The van der Waals surface area contributed by atoms with Crippen molar-refractivity contribution in [3.63, 3.8) is 0 Å². The molecular weight excluding hydrogens is 485 g/mol. The van der Waals surface area contributed by atoms with Crippen LogP contribution in [0.3, 0.4) is 0 Å². The number of rotatable bonds is 6. The zero-order chi connectivity index (χ0) is 22.1. The van der Waals surface area contributed by atoms with Gasteiger partial charge in [0, 0.05) is 36.8 Å². The van der Waals surface area contributed by atoms with Gasteiger partial charge in [-0.25, -0.2) is 14.6 Å². The zero-order valence-corrected chi connectivity index (χ0v) is 19.7. The van der Waals surface area contributed by atoms with Crippen LogP contribution in [0.2, 0.25) is 0 Å². The number of aryl methyl sites for hydroxylation is 1. The number of hydrogen-bond acceptors (Lipinski definition) is 7. The van der Waals surface area contributed by atoms with E-state index in [1.165, 1.54) is 4.67 Å². The molecule has 0 N–H and O–H groups in total. The molecule has 0 aliphatic heterocycles. The molecule has 0 bridgehead atoms. The highest BCUT2D eigenvalue weighted by Gasteiger charge is 2.32. The highest BCUT2D eigenvalue weighted by Crippen LogP contribution is 2.31. The molecule has 162 valence electrons. The Morgan fingerprint density at radius 2 is 1.97 bits per heavy atom. The molecule has 0 radical (unpaired) electrons. The summed E-state index contributed by atoms with van der Waals surface area (Å²) in [4.78, 5) is 34.1. The van der Waals surface area contributed by atoms with Crippen LogP contribution < -0.4 is 15.0 Å². The van der Waals surface area contributed by atoms with Crippen LogP contribution in [0.25, 0.3) is 10.8 Å². The molecule has 1 aromatic carbocycles. The molecule has 3 aromatic rings. The molecular formula is C20H21BrN5O4P. The number of nitrogens with zero attached hydrogens (tertiary/aromatic N) is 5. The molecule has 11 heteroatoms. The van der Waals surface area contributed by atoms with Crippen molar-refractivity contribution >= 4 is 47.9 Å². The zero-order valence-electron chi connectivity index (χ0n) is 17.0. The lowest BCUT2D eigenvalue weighted by Crippen LogP contribution is -2.40. The fraction of sp³-hybridized carbons (Fsp3) is 0.350. The van der Waals surface area contributed by atoms with Crippen LogP contribution >= 0.6 is 25.3 Å². The number of fused-ring (bicyclic) bond motifs is 1. The maximum absolute atomic E-state index is 13.0. The molecule has 9 nitrogen and oxygen atoms in total. The maximum Gasteiger partial charge on any atom is 0.275 e. The van der Waals surface area contributed by atoms with Gasteiger partial charge in [-0.15, -0.1) is 5.10 Å². The number of aromatic nitrogens is 4. The van der Waals surface area contributed by atoms with E-state index in [2.05, 4.69) is 40.4 Å². The predicted octanol–water partition coefficient (Wildman–Crippen LogP) is 2.64. The van der Waals surface area contributed by atoms with E-state index in [9.17, 15) is 9.59 Å². The summed E-state index contributed by atoms with van der Waals surface area (Å²) >= 11 is 3.43. The van der Waals surface area contributed by atoms with Crippen LogP contribution in [0.5, 0.6) is 5.88 Å². The Morgan fingerprint density at radius 3 is 2.65 bits per heavy atom. The van der Waals surface area contributed by atoms with E-state index in [0.717, 1.165) is 27.6 Å². The van der Waals surface area contributed by atoms with E-state index in [-0.39, 0.29) is 30.3 Å². The van der Waals surface area contributed by atoms with Crippen molar-refractivity contribution in [3.8, 4) is 5.88 Å². The Bertz CT molecular complexity index is 1180. The Morgan fingerprint density at radius 1 is 1.26 bits per heavy atom. The number of methoxy groups -OCH3 is 1. The number of anilines is 1. The first-order valence-electron chi connectivity index (χ1n) is 9.62. The third kappa shape index (κ3) is 4.61. The lowest BCUT2D eigenvalue weighted by molar-refractivity contribution is -0.118. The van der Waals surface area contributed by atoms with Gasteiger partial charge in [-0.05, 0) is 40.1 Å². The first-order chi connectivity index (χ1) is 14.9. The van der Waals surface area contributed by atoms with Gasteiger partial charge in [-0.2, -0.15) is 0 Å². The van der Waals surface area contributed by atoms with Gasteiger partial charge in [0.15, 0.2) is 0 Å². The van der Waals surface area contributed by atoms with Crippen LogP contribution in [-0.4, -0.2) is 45.0 Å². The monoisotopic (exact) mass is 505 g/mol. The molecule has 0 spiro atoms. The minimum absolute atomic E-state index is 0.0551. The molecule has 31 heavy (non-hydrogen) atoms. The van der Waals surface area contributed by atoms with Crippen LogP contribution in [0.1, 0.15) is 18.4 Å². The summed E-state index contributed by atoms with van der Waals surface area (Å²) in [5.41, 5.74) is 0.497. The first kappa shape index (κ1) is 21.8. The summed E-state index contributed by atoms with van der Waals surface area (Å²) in [5.74, 6) is 0.119. The number of ether oxygens (including phenoxy) is 2. The predicted molar refractivity (Wildman–Crippen MR) is 122 cm³/mol. The van der Waals surface area contributed by atoms with Gasteiger partial charge in [0.25, 0.3) is 11.5 Å². The molecule has 1 aliphatic rings. The van der Waals surface area contributed by atoms with E-state index >= 15 is 0 Å². The SMILES string of the molecule is COC1CC(Oc2nn(CC(=O)N(P)c3ncc(C)cn3)c(=O)c3ccc(Br)cc23)C1. The normalized spacial score (nSPS) is 17.9. The van der Waals surface area contributed by atoms with Crippen LogP contribution in [0.4, 0.5) is 5.95 Å². The third-order valence-corrected chi connectivity index (χ3v) is 6.10. The van der Waals surface area contributed by atoms with Gasteiger partial charge >= 0.3 is 0 Å². The van der Waals surface area contributed by atoms with Crippen molar-refractivity contribution in [1.29, 1.82) is 0 Å². The standard InChI is InChI=1S/C20H21BrN5O4P/c1-11-8-22-20(23-9-11)26(31)17(27)10-25-19(28)15-4-3-12(21)5-16(15)18(24-25)30-14-6-13(7-14)29-2/h3-5,8-9,13-14H,6-7,10,31H2,1-2H3. The molecule has 1 aliphatic carbocycles. The Labute approximate surface area is 189 Å². The van der Waals surface area contributed by atoms with Crippen molar-refractivity contribution in [3.05, 3.63) is 51.0 Å².